The van der Waals surface area contributed by atoms with Crippen LogP contribution in [0, 0.1) is 0 Å². The molecule has 3 aromatic rings. The molecule has 1 aromatic heterocycles. The van der Waals surface area contributed by atoms with Crippen LogP contribution in [0.1, 0.15) is 31.9 Å². The number of H-pyrrole nitrogens is 1. The van der Waals surface area contributed by atoms with Crippen molar-refractivity contribution in [1.82, 2.24) is 10.3 Å². The fourth-order valence-corrected chi connectivity index (χ4v) is 3.27. The normalized spacial score (nSPS) is 12.6. The quantitative estimate of drug-likeness (QED) is 0.642. The lowest BCUT2D eigenvalue weighted by atomic mass is 9.98. The SMILES string of the molecule is COc1ccc2[nH]cc(CC(Cc3ccccc3)NC(=O)OC(C)(C)C)c2c1. The highest BCUT2D eigenvalue weighted by atomic mass is 16.6. The number of carbonyl (C=O) groups excluding carboxylic acids is 1. The molecule has 148 valence electrons. The minimum absolute atomic E-state index is 0.0950. The van der Waals surface area contributed by atoms with Crippen LogP contribution < -0.4 is 10.1 Å². The predicted octanol–water partition coefficient (Wildman–Crippen LogP) is 4.86. The van der Waals surface area contributed by atoms with Gasteiger partial charge in [-0.25, -0.2) is 4.79 Å². The topological polar surface area (TPSA) is 63.3 Å². The van der Waals surface area contributed by atoms with Crippen molar-refractivity contribution in [2.75, 3.05) is 7.11 Å². The van der Waals surface area contributed by atoms with Crippen molar-refractivity contribution >= 4 is 17.0 Å². The molecular formula is C23H28N2O3. The molecule has 0 aliphatic rings. The van der Waals surface area contributed by atoms with Crippen molar-refractivity contribution in [3.63, 3.8) is 0 Å². The van der Waals surface area contributed by atoms with Gasteiger partial charge < -0.3 is 19.8 Å². The fraction of sp³-hybridized carbons (Fsp3) is 0.348. The van der Waals surface area contributed by atoms with Gasteiger partial charge in [0.15, 0.2) is 0 Å². The molecule has 0 aliphatic carbocycles. The molecule has 0 spiro atoms. The lowest BCUT2D eigenvalue weighted by molar-refractivity contribution is 0.0504. The van der Waals surface area contributed by atoms with Crippen LogP contribution in [0.3, 0.4) is 0 Å². The highest BCUT2D eigenvalue weighted by molar-refractivity contribution is 5.84. The molecular weight excluding hydrogens is 352 g/mol. The van der Waals surface area contributed by atoms with E-state index in [0.717, 1.165) is 28.6 Å². The van der Waals surface area contributed by atoms with Crippen molar-refractivity contribution < 1.29 is 14.3 Å². The van der Waals surface area contributed by atoms with Crippen LogP contribution in [-0.4, -0.2) is 29.8 Å². The molecule has 3 rings (SSSR count). The molecule has 5 nitrogen and oxygen atoms in total. The first-order chi connectivity index (χ1) is 13.3. The van der Waals surface area contributed by atoms with Crippen molar-refractivity contribution in [2.45, 2.75) is 45.3 Å². The van der Waals surface area contributed by atoms with Crippen LogP contribution in [0.15, 0.2) is 54.7 Å². The van der Waals surface area contributed by atoms with Crippen molar-refractivity contribution in [1.29, 1.82) is 0 Å². The van der Waals surface area contributed by atoms with Crippen molar-refractivity contribution in [3.05, 3.63) is 65.9 Å². The maximum absolute atomic E-state index is 12.4. The van der Waals surface area contributed by atoms with E-state index in [-0.39, 0.29) is 6.04 Å². The Labute approximate surface area is 166 Å². The molecule has 2 aromatic carbocycles. The van der Waals surface area contributed by atoms with E-state index in [1.165, 1.54) is 5.56 Å². The van der Waals surface area contributed by atoms with Gasteiger partial charge in [-0.3, -0.25) is 0 Å². The largest absolute Gasteiger partial charge is 0.497 e. The summed E-state index contributed by atoms with van der Waals surface area (Å²) in [6, 6.07) is 16.0. The van der Waals surface area contributed by atoms with E-state index in [1.54, 1.807) is 7.11 Å². The van der Waals surface area contributed by atoms with Crippen LogP contribution in [0.2, 0.25) is 0 Å². The molecule has 0 saturated heterocycles. The first-order valence-electron chi connectivity index (χ1n) is 9.51. The second-order valence-corrected chi connectivity index (χ2v) is 7.96. The van der Waals surface area contributed by atoms with Gasteiger partial charge in [0.25, 0.3) is 0 Å². The second-order valence-electron chi connectivity index (χ2n) is 7.96. The Morgan fingerprint density at radius 3 is 2.54 bits per heavy atom. The summed E-state index contributed by atoms with van der Waals surface area (Å²) >= 11 is 0. The van der Waals surface area contributed by atoms with Gasteiger partial charge in [0.1, 0.15) is 11.4 Å². The number of hydrogen-bond acceptors (Lipinski definition) is 3. The predicted molar refractivity (Wildman–Crippen MR) is 112 cm³/mol. The number of ether oxygens (including phenoxy) is 2. The lowest BCUT2D eigenvalue weighted by Gasteiger charge is -2.24. The number of amides is 1. The van der Waals surface area contributed by atoms with Gasteiger partial charge in [-0.15, -0.1) is 0 Å². The number of nitrogens with one attached hydrogen (secondary N) is 2. The van der Waals surface area contributed by atoms with E-state index in [2.05, 4.69) is 22.4 Å². The van der Waals surface area contributed by atoms with E-state index in [9.17, 15) is 4.79 Å². The highest BCUT2D eigenvalue weighted by Gasteiger charge is 2.21. The zero-order valence-corrected chi connectivity index (χ0v) is 16.9. The Bertz CT molecular complexity index is 926. The minimum atomic E-state index is -0.532. The second kappa shape index (κ2) is 8.38. The van der Waals surface area contributed by atoms with Crippen LogP contribution in [-0.2, 0) is 17.6 Å². The third-order valence-corrected chi connectivity index (χ3v) is 4.49. The first kappa shape index (κ1) is 19.8. The third kappa shape index (κ3) is 5.28. The average Bonchev–Trinajstić information content (AvgIpc) is 3.03. The van der Waals surface area contributed by atoms with E-state index in [4.69, 9.17) is 9.47 Å². The monoisotopic (exact) mass is 380 g/mol. The van der Waals surface area contributed by atoms with Gasteiger partial charge >= 0.3 is 6.09 Å². The Balaban J connectivity index is 1.83. The highest BCUT2D eigenvalue weighted by Crippen LogP contribution is 2.25. The summed E-state index contributed by atoms with van der Waals surface area (Å²) < 4.78 is 10.8. The van der Waals surface area contributed by atoms with Crippen molar-refractivity contribution in [2.24, 2.45) is 0 Å². The van der Waals surface area contributed by atoms with Crippen molar-refractivity contribution in [3.8, 4) is 5.75 Å². The van der Waals surface area contributed by atoms with Crippen LogP contribution in [0.4, 0.5) is 4.79 Å². The van der Waals surface area contributed by atoms with E-state index in [0.29, 0.717) is 6.42 Å². The lowest BCUT2D eigenvalue weighted by Crippen LogP contribution is -2.41. The smallest absolute Gasteiger partial charge is 0.407 e. The molecule has 1 atom stereocenters. The molecule has 28 heavy (non-hydrogen) atoms. The number of aromatic amines is 1. The number of carbonyl (C=O) groups is 1. The first-order valence-corrected chi connectivity index (χ1v) is 9.51. The van der Waals surface area contributed by atoms with Gasteiger partial charge in [-0.05, 0) is 62.9 Å². The molecule has 2 N–H and O–H groups in total. The molecule has 1 unspecified atom stereocenters. The summed E-state index contributed by atoms with van der Waals surface area (Å²) in [5.74, 6) is 0.813. The number of methoxy groups -OCH3 is 1. The summed E-state index contributed by atoms with van der Waals surface area (Å²) in [4.78, 5) is 15.7. The number of hydrogen-bond donors (Lipinski definition) is 2. The molecule has 1 amide bonds. The van der Waals surface area contributed by atoms with Crippen LogP contribution in [0.25, 0.3) is 10.9 Å². The van der Waals surface area contributed by atoms with E-state index in [1.807, 2.05) is 63.4 Å². The Kier molecular flexibility index (Phi) is 5.93. The minimum Gasteiger partial charge on any atom is -0.497 e. The summed E-state index contributed by atoms with van der Waals surface area (Å²) in [6.07, 6.45) is 3.00. The zero-order chi connectivity index (χ0) is 20.1. The summed E-state index contributed by atoms with van der Waals surface area (Å²) in [5.41, 5.74) is 2.81. The number of alkyl carbamates (subject to hydrolysis) is 1. The maximum atomic E-state index is 12.4. The Hall–Kier alpha value is -2.95. The fourth-order valence-electron chi connectivity index (χ4n) is 3.27. The van der Waals surface area contributed by atoms with Crippen LogP contribution in [0.5, 0.6) is 5.75 Å². The van der Waals surface area contributed by atoms with E-state index < -0.39 is 11.7 Å². The van der Waals surface area contributed by atoms with Gasteiger partial charge in [-0.1, -0.05) is 30.3 Å². The average molecular weight is 380 g/mol. The molecule has 1 heterocycles. The summed E-state index contributed by atoms with van der Waals surface area (Å²) in [7, 11) is 1.66. The Morgan fingerprint density at radius 2 is 1.86 bits per heavy atom. The molecule has 0 aliphatic heterocycles. The number of rotatable bonds is 6. The number of benzene rings is 2. The summed E-state index contributed by atoms with van der Waals surface area (Å²) in [5, 5.41) is 4.15. The molecule has 0 radical (unpaired) electrons. The molecule has 0 bridgehead atoms. The molecule has 5 heteroatoms. The molecule has 0 saturated carbocycles. The maximum Gasteiger partial charge on any atom is 0.407 e. The van der Waals surface area contributed by atoms with Gasteiger partial charge in [0.2, 0.25) is 0 Å². The number of fused-ring (bicyclic) bond motifs is 1. The standard InChI is InChI=1S/C23H28N2O3/c1-23(2,3)28-22(26)25-18(12-16-8-6-5-7-9-16)13-17-15-24-21-11-10-19(27-4)14-20(17)21/h5-11,14-15,18,24H,12-13H2,1-4H3,(H,25,26). The van der Waals surface area contributed by atoms with Crippen LogP contribution >= 0.6 is 0 Å². The zero-order valence-electron chi connectivity index (χ0n) is 16.9. The Morgan fingerprint density at radius 1 is 1.11 bits per heavy atom. The van der Waals surface area contributed by atoms with Gasteiger partial charge in [0.05, 0.1) is 7.11 Å². The summed E-state index contributed by atoms with van der Waals surface area (Å²) in [6.45, 7) is 5.60. The van der Waals surface area contributed by atoms with E-state index >= 15 is 0 Å². The third-order valence-electron chi connectivity index (χ3n) is 4.49. The molecule has 0 fully saturated rings. The number of aromatic nitrogens is 1. The van der Waals surface area contributed by atoms with Gasteiger partial charge in [0, 0.05) is 23.1 Å². The van der Waals surface area contributed by atoms with Gasteiger partial charge in [-0.2, -0.15) is 0 Å².